The molecule has 1 fully saturated rings. The molecule has 3 aromatic rings. The molecule has 1 amide bonds. The minimum atomic E-state index is -0.367. The maximum Gasteiger partial charge on any atom is 0.243 e. The van der Waals surface area contributed by atoms with Crippen LogP contribution >= 0.6 is 11.6 Å². The van der Waals surface area contributed by atoms with Gasteiger partial charge in [-0.1, -0.05) is 35.9 Å². The van der Waals surface area contributed by atoms with Crippen molar-refractivity contribution in [3.63, 3.8) is 0 Å². The fourth-order valence-corrected chi connectivity index (χ4v) is 3.67. The van der Waals surface area contributed by atoms with Crippen LogP contribution in [-0.4, -0.2) is 28.5 Å². The van der Waals surface area contributed by atoms with Gasteiger partial charge in [0.1, 0.15) is 17.7 Å². The molecule has 0 unspecified atom stereocenters. The van der Waals surface area contributed by atoms with E-state index in [2.05, 4.69) is 20.6 Å². The van der Waals surface area contributed by atoms with E-state index in [9.17, 15) is 9.18 Å². The molecule has 2 N–H and O–H groups in total. The van der Waals surface area contributed by atoms with Gasteiger partial charge >= 0.3 is 0 Å². The molecule has 1 saturated heterocycles. The molecule has 154 valence electrons. The van der Waals surface area contributed by atoms with Crippen molar-refractivity contribution >= 4 is 35.0 Å². The summed E-state index contributed by atoms with van der Waals surface area (Å²) in [5.74, 6) is 0.639. The molecule has 0 spiro atoms. The second-order valence-corrected chi connectivity index (χ2v) is 7.45. The van der Waals surface area contributed by atoms with Crippen molar-refractivity contribution in [1.29, 1.82) is 0 Å². The molecule has 1 atom stereocenters. The topological polar surface area (TPSA) is 70.2 Å². The van der Waals surface area contributed by atoms with Crippen molar-refractivity contribution in [2.24, 2.45) is 0 Å². The van der Waals surface area contributed by atoms with Crippen LogP contribution in [0.1, 0.15) is 18.4 Å². The van der Waals surface area contributed by atoms with Gasteiger partial charge in [0.15, 0.2) is 0 Å². The van der Waals surface area contributed by atoms with Crippen LogP contribution in [0.5, 0.6) is 0 Å². The quantitative estimate of drug-likeness (QED) is 0.616. The second kappa shape index (κ2) is 9.09. The van der Waals surface area contributed by atoms with Crippen LogP contribution in [0.3, 0.4) is 0 Å². The lowest BCUT2D eigenvalue weighted by Gasteiger charge is -2.24. The van der Waals surface area contributed by atoms with Crippen LogP contribution in [0.25, 0.3) is 0 Å². The van der Waals surface area contributed by atoms with Gasteiger partial charge in [-0.05, 0) is 48.7 Å². The summed E-state index contributed by atoms with van der Waals surface area (Å²) in [6, 6.07) is 15.0. The van der Waals surface area contributed by atoms with E-state index in [0.29, 0.717) is 29.8 Å². The van der Waals surface area contributed by atoms with Gasteiger partial charge in [-0.2, -0.15) is 4.98 Å². The maximum atomic E-state index is 13.3. The Hall–Kier alpha value is -3.19. The standard InChI is InChI=1S/C22H21ClFN5O/c23-17-7-1-2-8-18(17)27-20-10-11-25-22(28-20)29-12-4-9-19(29)21(30)26-14-15-5-3-6-16(24)13-15/h1-3,5-8,10-11,13,19H,4,9,12,14H2,(H,26,30)(H,25,27,28)/t19-/m0/s1. The van der Waals surface area contributed by atoms with Crippen LogP contribution in [0.4, 0.5) is 21.8 Å². The summed E-state index contributed by atoms with van der Waals surface area (Å²) in [5.41, 5.74) is 1.46. The molecule has 1 aromatic heterocycles. The Morgan fingerprint density at radius 1 is 1.20 bits per heavy atom. The Balaban J connectivity index is 1.45. The summed E-state index contributed by atoms with van der Waals surface area (Å²) >= 11 is 6.21. The predicted molar refractivity (Wildman–Crippen MR) is 115 cm³/mol. The van der Waals surface area contributed by atoms with Crippen LogP contribution in [-0.2, 0) is 11.3 Å². The van der Waals surface area contributed by atoms with Crippen molar-refractivity contribution in [1.82, 2.24) is 15.3 Å². The van der Waals surface area contributed by atoms with Gasteiger partial charge in [-0.15, -0.1) is 0 Å². The third-order valence-corrected chi connectivity index (χ3v) is 5.28. The third kappa shape index (κ3) is 4.68. The minimum absolute atomic E-state index is 0.121. The first-order valence-corrected chi connectivity index (χ1v) is 10.1. The first-order valence-electron chi connectivity index (χ1n) is 9.73. The number of halogens is 2. The molecular formula is C22H21ClFN5O. The van der Waals surface area contributed by atoms with Crippen LogP contribution in [0, 0.1) is 5.82 Å². The molecule has 8 heteroatoms. The number of rotatable bonds is 6. The molecule has 6 nitrogen and oxygen atoms in total. The molecule has 0 aliphatic carbocycles. The molecule has 0 radical (unpaired) electrons. The lowest BCUT2D eigenvalue weighted by atomic mass is 10.2. The molecule has 2 aromatic carbocycles. The lowest BCUT2D eigenvalue weighted by Crippen LogP contribution is -2.43. The number of nitrogens with one attached hydrogen (secondary N) is 2. The number of carbonyl (C=O) groups excluding carboxylic acids is 1. The molecule has 1 aliphatic rings. The van der Waals surface area contributed by atoms with Crippen molar-refractivity contribution in [3.05, 3.63) is 77.2 Å². The highest BCUT2D eigenvalue weighted by Gasteiger charge is 2.32. The number of amides is 1. The smallest absolute Gasteiger partial charge is 0.243 e. The summed E-state index contributed by atoms with van der Waals surface area (Å²) in [6.07, 6.45) is 3.23. The Labute approximate surface area is 179 Å². The maximum absolute atomic E-state index is 13.3. The lowest BCUT2D eigenvalue weighted by molar-refractivity contribution is -0.122. The van der Waals surface area contributed by atoms with Gasteiger partial charge in [0, 0.05) is 19.3 Å². The number of nitrogens with zero attached hydrogens (tertiary/aromatic N) is 3. The van der Waals surface area contributed by atoms with Crippen molar-refractivity contribution in [3.8, 4) is 0 Å². The Morgan fingerprint density at radius 3 is 2.90 bits per heavy atom. The van der Waals surface area contributed by atoms with E-state index < -0.39 is 0 Å². The number of hydrogen-bond donors (Lipinski definition) is 2. The summed E-state index contributed by atoms with van der Waals surface area (Å²) < 4.78 is 13.3. The Bertz CT molecular complexity index is 1050. The highest BCUT2D eigenvalue weighted by Crippen LogP contribution is 2.27. The monoisotopic (exact) mass is 425 g/mol. The summed E-state index contributed by atoms with van der Waals surface area (Å²) in [7, 11) is 0. The van der Waals surface area contributed by atoms with E-state index in [4.69, 9.17) is 11.6 Å². The van der Waals surface area contributed by atoms with E-state index in [1.165, 1.54) is 12.1 Å². The molecular weight excluding hydrogens is 405 g/mol. The van der Waals surface area contributed by atoms with Crippen molar-refractivity contribution < 1.29 is 9.18 Å². The molecule has 2 heterocycles. The molecule has 1 aliphatic heterocycles. The number of hydrogen-bond acceptors (Lipinski definition) is 5. The third-order valence-electron chi connectivity index (χ3n) is 4.95. The fraction of sp³-hybridized carbons (Fsp3) is 0.227. The molecule has 0 saturated carbocycles. The Kier molecular flexibility index (Phi) is 6.09. The van der Waals surface area contributed by atoms with E-state index in [0.717, 1.165) is 17.7 Å². The number of para-hydroxylation sites is 1. The van der Waals surface area contributed by atoms with E-state index in [-0.39, 0.29) is 24.3 Å². The number of carbonyl (C=O) groups is 1. The summed E-state index contributed by atoms with van der Waals surface area (Å²) in [4.78, 5) is 23.6. The molecule has 4 rings (SSSR count). The zero-order chi connectivity index (χ0) is 20.9. The first kappa shape index (κ1) is 20.1. The van der Waals surface area contributed by atoms with E-state index >= 15 is 0 Å². The molecule has 0 bridgehead atoms. The first-order chi connectivity index (χ1) is 14.6. The predicted octanol–water partition coefficient (Wildman–Crippen LogP) is 4.30. The van der Waals surface area contributed by atoms with Crippen LogP contribution < -0.4 is 15.5 Å². The number of anilines is 3. The number of benzene rings is 2. The second-order valence-electron chi connectivity index (χ2n) is 7.05. The average molecular weight is 426 g/mol. The minimum Gasteiger partial charge on any atom is -0.350 e. The van der Waals surface area contributed by atoms with Crippen molar-refractivity contribution in [2.75, 3.05) is 16.8 Å². The highest BCUT2D eigenvalue weighted by atomic mass is 35.5. The average Bonchev–Trinajstić information content (AvgIpc) is 3.24. The van der Waals surface area contributed by atoms with Gasteiger partial charge in [0.2, 0.25) is 11.9 Å². The van der Waals surface area contributed by atoms with E-state index in [1.807, 2.05) is 23.1 Å². The fourth-order valence-electron chi connectivity index (χ4n) is 3.49. The normalized spacial score (nSPS) is 15.8. The zero-order valence-electron chi connectivity index (χ0n) is 16.2. The summed E-state index contributed by atoms with van der Waals surface area (Å²) in [6.45, 7) is 0.962. The van der Waals surface area contributed by atoms with Crippen molar-refractivity contribution in [2.45, 2.75) is 25.4 Å². The van der Waals surface area contributed by atoms with Gasteiger partial charge in [0.25, 0.3) is 0 Å². The molecule has 30 heavy (non-hydrogen) atoms. The Morgan fingerprint density at radius 2 is 2.07 bits per heavy atom. The highest BCUT2D eigenvalue weighted by molar-refractivity contribution is 6.33. The SMILES string of the molecule is O=C(NCc1cccc(F)c1)[C@@H]1CCCN1c1nccc(Nc2ccccc2Cl)n1. The van der Waals surface area contributed by atoms with Gasteiger partial charge < -0.3 is 15.5 Å². The van der Waals surface area contributed by atoms with Gasteiger partial charge in [-0.3, -0.25) is 4.79 Å². The number of aromatic nitrogens is 2. The largest absolute Gasteiger partial charge is 0.350 e. The van der Waals surface area contributed by atoms with Crippen LogP contribution in [0.15, 0.2) is 60.8 Å². The van der Waals surface area contributed by atoms with Crippen LogP contribution in [0.2, 0.25) is 5.02 Å². The van der Waals surface area contributed by atoms with E-state index in [1.54, 1.807) is 30.5 Å². The van der Waals surface area contributed by atoms with Gasteiger partial charge in [0.05, 0.1) is 10.7 Å². The van der Waals surface area contributed by atoms with Gasteiger partial charge in [-0.25, -0.2) is 9.37 Å². The zero-order valence-corrected chi connectivity index (χ0v) is 16.9. The summed E-state index contributed by atoms with van der Waals surface area (Å²) in [5, 5.41) is 6.67.